The number of nitrogens with zero attached hydrogens (tertiary/aromatic N) is 4. The third kappa shape index (κ3) is 3.71. The number of H-pyrrole nitrogens is 1. The molecular formula is C22H22N6OS. The van der Waals surface area contributed by atoms with Gasteiger partial charge in [-0.15, -0.1) is 11.3 Å². The second kappa shape index (κ2) is 7.62. The fourth-order valence-electron chi connectivity index (χ4n) is 3.98. The standard InChI is InChI=1S/C22H22N6OS/c1-13-10-14(2)24-21(23-13)27-22-25-19(29)18-16-8-9-28(11-15-6-4-3-5-7-15)12-17(16)30-20(18)26-22/h3-7,10H,8-9,11-12H2,1-2H3,(H2,23,24,25,26,27,29). The van der Waals surface area contributed by atoms with Crippen LogP contribution in [0.25, 0.3) is 10.2 Å². The summed E-state index contributed by atoms with van der Waals surface area (Å²) in [5.41, 5.74) is 4.05. The SMILES string of the molecule is Cc1cc(C)nc(Nc2nc3sc4c(c3c(=O)[nH]2)CCN(Cc2ccccc2)C4)n1. The minimum Gasteiger partial charge on any atom is -0.294 e. The lowest BCUT2D eigenvalue weighted by Gasteiger charge is -2.26. The Kier molecular flexibility index (Phi) is 4.80. The molecule has 0 saturated heterocycles. The third-order valence-electron chi connectivity index (χ3n) is 5.25. The van der Waals surface area contributed by atoms with Crippen LogP contribution in [-0.2, 0) is 19.5 Å². The first-order valence-corrected chi connectivity index (χ1v) is 10.8. The van der Waals surface area contributed by atoms with E-state index in [1.165, 1.54) is 10.4 Å². The van der Waals surface area contributed by atoms with Gasteiger partial charge in [-0.2, -0.15) is 0 Å². The first kappa shape index (κ1) is 18.9. The molecule has 5 rings (SSSR count). The molecule has 2 N–H and O–H groups in total. The van der Waals surface area contributed by atoms with Crippen molar-refractivity contribution in [3.8, 4) is 0 Å². The van der Waals surface area contributed by atoms with Gasteiger partial charge in [-0.3, -0.25) is 20.0 Å². The number of hydrogen-bond donors (Lipinski definition) is 2. The van der Waals surface area contributed by atoms with Crippen LogP contribution in [0.15, 0.2) is 41.2 Å². The summed E-state index contributed by atoms with van der Waals surface area (Å²) < 4.78 is 0. The number of benzene rings is 1. The van der Waals surface area contributed by atoms with Crippen molar-refractivity contribution in [3.05, 3.63) is 74.1 Å². The van der Waals surface area contributed by atoms with Crippen molar-refractivity contribution in [2.24, 2.45) is 0 Å². The number of thiophene rings is 1. The van der Waals surface area contributed by atoms with Gasteiger partial charge in [0.1, 0.15) is 4.83 Å². The number of anilines is 2. The molecule has 0 aliphatic carbocycles. The Morgan fingerprint density at radius 2 is 1.90 bits per heavy atom. The molecular weight excluding hydrogens is 396 g/mol. The van der Waals surface area contributed by atoms with Crippen LogP contribution in [0.2, 0.25) is 0 Å². The number of aromatic nitrogens is 4. The van der Waals surface area contributed by atoms with Gasteiger partial charge in [0, 0.05) is 35.9 Å². The second-order valence-electron chi connectivity index (χ2n) is 7.64. The zero-order valence-corrected chi connectivity index (χ0v) is 17.7. The fraction of sp³-hybridized carbons (Fsp3) is 0.273. The number of aromatic amines is 1. The first-order chi connectivity index (χ1) is 14.5. The Morgan fingerprint density at radius 3 is 2.67 bits per heavy atom. The molecule has 4 aromatic rings. The summed E-state index contributed by atoms with van der Waals surface area (Å²) in [4.78, 5) is 33.5. The van der Waals surface area contributed by atoms with Gasteiger partial charge in [-0.05, 0) is 37.5 Å². The van der Waals surface area contributed by atoms with Crippen molar-refractivity contribution < 1.29 is 0 Å². The van der Waals surface area contributed by atoms with Gasteiger partial charge in [0.05, 0.1) is 5.39 Å². The summed E-state index contributed by atoms with van der Waals surface area (Å²) in [6.07, 6.45) is 0.861. The van der Waals surface area contributed by atoms with E-state index in [1.807, 2.05) is 26.0 Å². The largest absolute Gasteiger partial charge is 0.294 e. The van der Waals surface area contributed by atoms with E-state index in [0.29, 0.717) is 11.9 Å². The lowest BCUT2D eigenvalue weighted by Crippen LogP contribution is -2.29. The fourth-order valence-corrected chi connectivity index (χ4v) is 5.24. The number of fused-ring (bicyclic) bond motifs is 3. The topological polar surface area (TPSA) is 86.8 Å². The normalized spacial score (nSPS) is 14.1. The van der Waals surface area contributed by atoms with E-state index < -0.39 is 0 Å². The average molecular weight is 419 g/mol. The molecule has 1 aliphatic heterocycles. The van der Waals surface area contributed by atoms with Crippen molar-refractivity contribution in [2.75, 3.05) is 11.9 Å². The van der Waals surface area contributed by atoms with Crippen molar-refractivity contribution in [1.82, 2.24) is 24.8 Å². The van der Waals surface area contributed by atoms with Crippen LogP contribution in [0.3, 0.4) is 0 Å². The van der Waals surface area contributed by atoms with Gasteiger partial charge in [-0.1, -0.05) is 30.3 Å². The molecule has 0 bridgehead atoms. The Labute approximate surface area is 177 Å². The van der Waals surface area contributed by atoms with Crippen LogP contribution in [-0.4, -0.2) is 31.4 Å². The van der Waals surface area contributed by atoms with Gasteiger partial charge in [0.2, 0.25) is 11.9 Å². The maximum Gasteiger partial charge on any atom is 0.261 e. The molecule has 1 aliphatic rings. The number of hydrogen-bond acceptors (Lipinski definition) is 7. The Hall–Kier alpha value is -3.10. The van der Waals surface area contributed by atoms with Crippen LogP contribution in [0.1, 0.15) is 27.4 Å². The van der Waals surface area contributed by atoms with Gasteiger partial charge in [0.25, 0.3) is 5.56 Å². The van der Waals surface area contributed by atoms with E-state index in [0.717, 1.165) is 53.2 Å². The molecule has 0 radical (unpaired) electrons. The lowest BCUT2D eigenvalue weighted by atomic mass is 10.0. The van der Waals surface area contributed by atoms with E-state index in [2.05, 4.69) is 54.4 Å². The molecule has 152 valence electrons. The molecule has 0 unspecified atom stereocenters. The van der Waals surface area contributed by atoms with Crippen LogP contribution in [0, 0.1) is 13.8 Å². The van der Waals surface area contributed by atoms with Crippen molar-refractivity contribution in [3.63, 3.8) is 0 Å². The van der Waals surface area contributed by atoms with Crippen LogP contribution in [0.4, 0.5) is 11.9 Å². The van der Waals surface area contributed by atoms with Crippen LogP contribution >= 0.6 is 11.3 Å². The van der Waals surface area contributed by atoms with Gasteiger partial charge in [-0.25, -0.2) is 15.0 Å². The summed E-state index contributed by atoms with van der Waals surface area (Å²) in [5.74, 6) is 0.808. The van der Waals surface area contributed by atoms with Crippen molar-refractivity contribution in [2.45, 2.75) is 33.4 Å². The molecule has 7 nitrogen and oxygen atoms in total. The second-order valence-corrected chi connectivity index (χ2v) is 8.73. The molecule has 8 heteroatoms. The van der Waals surface area contributed by atoms with E-state index >= 15 is 0 Å². The quantitative estimate of drug-likeness (QED) is 0.526. The summed E-state index contributed by atoms with van der Waals surface area (Å²) in [7, 11) is 0. The molecule has 0 fully saturated rings. The maximum atomic E-state index is 12.8. The Morgan fingerprint density at radius 1 is 1.13 bits per heavy atom. The highest BCUT2D eigenvalue weighted by atomic mass is 32.1. The highest BCUT2D eigenvalue weighted by molar-refractivity contribution is 7.18. The summed E-state index contributed by atoms with van der Waals surface area (Å²) in [6, 6.07) is 12.4. The first-order valence-electron chi connectivity index (χ1n) is 9.95. The molecule has 1 aromatic carbocycles. The van der Waals surface area contributed by atoms with Crippen LogP contribution in [0.5, 0.6) is 0 Å². The highest BCUT2D eigenvalue weighted by Crippen LogP contribution is 2.33. The zero-order chi connectivity index (χ0) is 20.7. The molecule has 30 heavy (non-hydrogen) atoms. The number of aryl methyl sites for hydroxylation is 2. The minimum absolute atomic E-state index is 0.110. The number of rotatable bonds is 4. The highest BCUT2D eigenvalue weighted by Gasteiger charge is 2.24. The monoisotopic (exact) mass is 418 g/mol. The van der Waals surface area contributed by atoms with Crippen LogP contribution < -0.4 is 10.9 Å². The predicted molar refractivity (Wildman–Crippen MR) is 119 cm³/mol. The van der Waals surface area contributed by atoms with E-state index in [9.17, 15) is 4.79 Å². The summed E-state index contributed by atoms with van der Waals surface area (Å²) >= 11 is 1.61. The smallest absolute Gasteiger partial charge is 0.261 e. The number of nitrogens with one attached hydrogen (secondary N) is 2. The molecule has 4 heterocycles. The third-order valence-corrected chi connectivity index (χ3v) is 6.36. The van der Waals surface area contributed by atoms with E-state index in [4.69, 9.17) is 0 Å². The summed E-state index contributed by atoms with van der Waals surface area (Å²) in [5, 5.41) is 3.77. The molecule has 0 spiro atoms. The lowest BCUT2D eigenvalue weighted by molar-refractivity contribution is 0.249. The molecule has 3 aromatic heterocycles. The predicted octanol–water partition coefficient (Wildman–Crippen LogP) is 3.69. The van der Waals surface area contributed by atoms with Crippen molar-refractivity contribution >= 4 is 33.5 Å². The molecule has 0 atom stereocenters. The minimum atomic E-state index is -0.110. The maximum absolute atomic E-state index is 12.8. The Balaban J connectivity index is 1.43. The molecule has 0 amide bonds. The van der Waals surface area contributed by atoms with Crippen molar-refractivity contribution in [1.29, 1.82) is 0 Å². The van der Waals surface area contributed by atoms with E-state index in [1.54, 1.807) is 11.3 Å². The zero-order valence-electron chi connectivity index (χ0n) is 16.9. The van der Waals surface area contributed by atoms with Gasteiger partial charge < -0.3 is 0 Å². The van der Waals surface area contributed by atoms with E-state index in [-0.39, 0.29) is 5.56 Å². The van der Waals surface area contributed by atoms with Gasteiger partial charge >= 0.3 is 0 Å². The Bertz CT molecular complexity index is 1260. The summed E-state index contributed by atoms with van der Waals surface area (Å²) in [6.45, 7) is 6.51. The molecule has 0 saturated carbocycles. The van der Waals surface area contributed by atoms with Gasteiger partial charge in [0.15, 0.2) is 0 Å². The average Bonchev–Trinajstić information content (AvgIpc) is 3.06.